The van der Waals surface area contributed by atoms with Gasteiger partial charge in [-0.2, -0.15) is 0 Å². The molecule has 1 amide bonds. The van der Waals surface area contributed by atoms with Gasteiger partial charge in [0.2, 0.25) is 5.91 Å². The van der Waals surface area contributed by atoms with E-state index in [9.17, 15) is 9.59 Å². The molecule has 0 aromatic heterocycles. The van der Waals surface area contributed by atoms with E-state index < -0.39 is 6.10 Å². The first-order valence-electron chi connectivity index (χ1n) is 7.20. The zero-order chi connectivity index (χ0) is 14.7. The van der Waals surface area contributed by atoms with E-state index in [1.807, 2.05) is 18.7 Å². The number of ether oxygens (including phenoxy) is 3. The van der Waals surface area contributed by atoms with Gasteiger partial charge in [0.25, 0.3) is 0 Å². The minimum absolute atomic E-state index is 0.0248. The molecule has 0 N–H and O–H groups in total. The van der Waals surface area contributed by atoms with E-state index in [-0.39, 0.29) is 36.7 Å². The summed E-state index contributed by atoms with van der Waals surface area (Å²) in [6.45, 7) is 4.50. The molecule has 0 aliphatic carbocycles. The molecule has 2 saturated heterocycles. The molecule has 2 rings (SSSR count). The second-order valence-corrected chi connectivity index (χ2v) is 5.35. The SMILES string of the molecule is CCOCC(=O)N1[C@H](C)CC[C@@H]2O[C@@H](C(=O)OC)C[C@H]21. The highest BCUT2D eigenvalue weighted by atomic mass is 16.6. The van der Waals surface area contributed by atoms with Crippen molar-refractivity contribution in [1.29, 1.82) is 0 Å². The lowest BCUT2D eigenvalue weighted by molar-refractivity contribution is -0.154. The Labute approximate surface area is 119 Å². The first kappa shape index (κ1) is 15.3. The number of likely N-dealkylation sites (tertiary alicyclic amines) is 1. The highest BCUT2D eigenvalue weighted by molar-refractivity contribution is 5.79. The maximum atomic E-state index is 12.3. The van der Waals surface area contributed by atoms with Gasteiger partial charge in [-0.3, -0.25) is 4.79 Å². The van der Waals surface area contributed by atoms with Crippen LogP contribution in [-0.4, -0.2) is 61.4 Å². The Bertz CT molecular complexity index is 373. The summed E-state index contributed by atoms with van der Waals surface area (Å²) < 4.78 is 15.7. The first-order chi connectivity index (χ1) is 9.58. The molecule has 0 unspecified atom stereocenters. The number of fused-ring (bicyclic) bond motifs is 1. The number of piperidine rings is 1. The molecule has 0 radical (unpaired) electrons. The maximum Gasteiger partial charge on any atom is 0.335 e. The van der Waals surface area contributed by atoms with E-state index in [0.29, 0.717) is 13.0 Å². The van der Waals surface area contributed by atoms with Crippen molar-refractivity contribution in [3.8, 4) is 0 Å². The number of rotatable bonds is 4. The topological polar surface area (TPSA) is 65.1 Å². The van der Waals surface area contributed by atoms with Gasteiger partial charge in [-0.1, -0.05) is 0 Å². The van der Waals surface area contributed by atoms with E-state index in [0.717, 1.165) is 12.8 Å². The molecule has 2 aliphatic heterocycles. The van der Waals surface area contributed by atoms with Crippen LogP contribution in [0.1, 0.15) is 33.1 Å². The summed E-state index contributed by atoms with van der Waals surface area (Å²) in [4.78, 5) is 25.7. The van der Waals surface area contributed by atoms with E-state index in [4.69, 9.17) is 14.2 Å². The smallest absolute Gasteiger partial charge is 0.335 e. The first-order valence-corrected chi connectivity index (χ1v) is 7.20. The fourth-order valence-corrected chi connectivity index (χ4v) is 3.13. The van der Waals surface area contributed by atoms with E-state index in [1.54, 1.807) is 0 Å². The summed E-state index contributed by atoms with van der Waals surface area (Å²) in [5.41, 5.74) is 0. The minimum Gasteiger partial charge on any atom is -0.467 e. The van der Waals surface area contributed by atoms with Crippen LogP contribution in [0.15, 0.2) is 0 Å². The third-order valence-corrected chi connectivity index (χ3v) is 4.11. The van der Waals surface area contributed by atoms with Crippen LogP contribution in [0.2, 0.25) is 0 Å². The molecule has 0 aromatic rings. The number of methoxy groups -OCH3 is 1. The third kappa shape index (κ3) is 2.96. The molecular weight excluding hydrogens is 262 g/mol. The molecule has 0 bridgehead atoms. The van der Waals surface area contributed by atoms with Gasteiger partial charge in [0.15, 0.2) is 6.10 Å². The van der Waals surface area contributed by atoms with Gasteiger partial charge in [-0.15, -0.1) is 0 Å². The monoisotopic (exact) mass is 285 g/mol. The molecule has 2 aliphatic rings. The number of hydrogen-bond acceptors (Lipinski definition) is 5. The van der Waals surface area contributed by atoms with Crippen molar-refractivity contribution in [2.75, 3.05) is 20.3 Å². The van der Waals surface area contributed by atoms with Gasteiger partial charge < -0.3 is 19.1 Å². The average Bonchev–Trinajstić information content (AvgIpc) is 2.87. The van der Waals surface area contributed by atoms with Crippen molar-refractivity contribution in [1.82, 2.24) is 4.90 Å². The maximum absolute atomic E-state index is 12.3. The Balaban J connectivity index is 2.06. The molecule has 20 heavy (non-hydrogen) atoms. The lowest BCUT2D eigenvalue weighted by atomic mass is 9.92. The largest absolute Gasteiger partial charge is 0.467 e. The van der Waals surface area contributed by atoms with Crippen LogP contribution in [0.25, 0.3) is 0 Å². The number of carbonyl (C=O) groups excluding carboxylic acids is 2. The van der Waals surface area contributed by atoms with E-state index in [1.165, 1.54) is 7.11 Å². The average molecular weight is 285 g/mol. The van der Waals surface area contributed by atoms with Crippen molar-refractivity contribution in [2.24, 2.45) is 0 Å². The normalized spacial score (nSPS) is 32.9. The fourth-order valence-electron chi connectivity index (χ4n) is 3.13. The Morgan fingerprint density at radius 2 is 2.10 bits per heavy atom. The second-order valence-electron chi connectivity index (χ2n) is 5.35. The van der Waals surface area contributed by atoms with Gasteiger partial charge in [-0.25, -0.2) is 4.79 Å². The number of carbonyl (C=O) groups is 2. The van der Waals surface area contributed by atoms with Crippen LogP contribution in [0.3, 0.4) is 0 Å². The van der Waals surface area contributed by atoms with Gasteiger partial charge in [-0.05, 0) is 26.7 Å². The Morgan fingerprint density at radius 3 is 2.75 bits per heavy atom. The molecule has 0 aromatic carbocycles. The molecule has 0 spiro atoms. The van der Waals surface area contributed by atoms with E-state index in [2.05, 4.69) is 0 Å². The van der Waals surface area contributed by atoms with Crippen molar-refractivity contribution in [2.45, 2.75) is 57.4 Å². The van der Waals surface area contributed by atoms with Crippen LogP contribution in [0.4, 0.5) is 0 Å². The lowest BCUT2D eigenvalue weighted by Crippen LogP contribution is -2.54. The van der Waals surface area contributed by atoms with Crippen LogP contribution in [0, 0.1) is 0 Å². The number of amides is 1. The second kappa shape index (κ2) is 6.54. The summed E-state index contributed by atoms with van der Waals surface area (Å²) in [6, 6.07) is 0.111. The van der Waals surface area contributed by atoms with Crippen LogP contribution in [0.5, 0.6) is 0 Å². The standard InChI is InChI=1S/C14H23NO5/c1-4-19-8-13(16)15-9(2)5-6-11-10(15)7-12(20-11)14(17)18-3/h9-12H,4-8H2,1-3H3/t9-,10-,11+,12-/m1/s1. The van der Waals surface area contributed by atoms with E-state index >= 15 is 0 Å². The molecule has 2 fully saturated rings. The predicted octanol–water partition coefficient (Wildman–Crippen LogP) is 0.733. The van der Waals surface area contributed by atoms with Crippen LogP contribution in [-0.2, 0) is 23.8 Å². The van der Waals surface area contributed by atoms with Gasteiger partial charge in [0.05, 0.1) is 19.3 Å². The van der Waals surface area contributed by atoms with Crippen LogP contribution >= 0.6 is 0 Å². The Kier molecular flexibility index (Phi) is 4.99. The van der Waals surface area contributed by atoms with Gasteiger partial charge in [0, 0.05) is 19.1 Å². The summed E-state index contributed by atoms with van der Waals surface area (Å²) in [5, 5.41) is 0. The molecule has 4 atom stereocenters. The zero-order valence-electron chi connectivity index (χ0n) is 12.3. The van der Waals surface area contributed by atoms with Crippen molar-refractivity contribution >= 4 is 11.9 Å². The lowest BCUT2D eigenvalue weighted by Gasteiger charge is -2.41. The zero-order valence-corrected chi connectivity index (χ0v) is 12.3. The molecule has 2 heterocycles. The molecule has 6 heteroatoms. The summed E-state index contributed by atoms with van der Waals surface area (Å²) in [5.74, 6) is -0.382. The molecule has 0 saturated carbocycles. The summed E-state index contributed by atoms with van der Waals surface area (Å²) in [6.07, 6.45) is 1.65. The Hall–Kier alpha value is -1.14. The summed E-state index contributed by atoms with van der Waals surface area (Å²) >= 11 is 0. The van der Waals surface area contributed by atoms with Crippen molar-refractivity contribution in [3.05, 3.63) is 0 Å². The van der Waals surface area contributed by atoms with Crippen molar-refractivity contribution < 1.29 is 23.8 Å². The third-order valence-electron chi connectivity index (χ3n) is 4.11. The number of hydrogen-bond donors (Lipinski definition) is 0. The van der Waals surface area contributed by atoms with Crippen molar-refractivity contribution in [3.63, 3.8) is 0 Å². The quantitative estimate of drug-likeness (QED) is 0.713. The summed E-state index contributed by atoms with van der Waals surface area (Å²) in [7, 11) is 1.36. The molecule has 114 valence electrons. The highest BCUT2D eigenvalue weighted by Gasteiger charge is 2.47. The predicted molar refractivity (Wildman–Crippen MR) is 71.1 cm³/mol. The highest BCUT2D eigenvalue weighted by Crippen LogP contribution is 2.35. The molecular formula is C14H23NO5. The van der Waals surface area contributed by atoms with Gasteiger partial charge >= 0.3 is 5.97 Å². The van der Waals surface area contributed by atoms with Gasteiger partial charge in [0.1, 0.15) is 6.61 Å². The van der Waals surface area contributed by atoms with Crippen LogP contribution < -0.4 is 0 Å². The minimum atomic E-state index is -0.553. The number of esters is 1. The number of nitrogens with zero attached hydrogens (tertiary/aromatic N) is 1. The molecule has 6 nitrogen and oxygen atoms in total. The Morgan fingerprint density at radius 1 is 1.35 bits per heavy atom. The fraction of sp³-hybridized carbons (Fsp3) is 0.857.